The molecular weight excluding hydrogens is 178 g/mol. The molecule has 14 heavy (non-hydrogen) atoms. The van der Waals surface area contributed by atoms with Crippen molar-refractivity contribution >= 4 is 5.97 Å². The van der Waals surface area contributed by atoms with Gasteiger partial charge in [0.2, 0.25) is 0 Å². The Morgan fingerprint density at radius 2 is 2.21 bits per heavy atom. The molecule has 1 aliphatic carbocycles. The number of carboxylic acid groups (broad SMARTS) is 1. The van der Waals surface area contributed by atoms with Crippen molar-refractivity contribution in [3.05, 3.63) is 0 Å². The van der Waals surface area contributed by atoms with Gasteiger partial charge in [-0.25, -0.2) is 0 Å². The zero-order valence-electron chi connectivity index (χ0n) is 8.91. The minimum atomic E-state index is -0.786. The lowest BCUT2D eigenvalue weighted by molar-refractivity contribution is -0.137. The first-order chi connectivity index (χ1) is 6.59. The topological polar surface area (TPSA) is 63.3 Å². The van der Waals surface area contributed by atoms with Gasteiger partial charge in [0.05, 0.1) is 6.42 Å². The fraction of sp³-hybridized carbons (Fsp3) is 0.909. The van der Waals surface area contributed by atoms with E-state index >= 15 is 0 Å². The molecule has 0 bridgehead atoms. The van der Waals surface area contributed by atoms with Crippen molar-refractivity contribution in [1.82, 2.24) is 0 Å². The fourth-order valence-electron chi connectivity index (χ4n) is 1.75. The van der Waals surface area contributed by atoms with Crippen LogP contribution in [0, 0.1) is 11.8 Å². The van der Waals surface area contributed by atoms with Gasteiger partial charge in [0.1, 0.15) is 0 Å². The van der Waals surface area contributed by atoms with Crippen LogP contribution in [0.2, 0.25) is 0 Å². The van der Waals surface area contributed by atoms with Gasteiger partial charge in [0, 0.05) is 6.04 Å². The summed E-state index contributed by atoms with van der Waals surface area (Å²) in [6.45, 7) is 2.06. The van der Waals surface area contributed by atoms with E-state index in [1.807, 2.05) is 0 Å². The van der Waals surface area contributed by atoms with Crippen LogP contribution in [-0.4, -0.2) is 17.1 Å². The molecule has 0 aromatic heterocycles. The Balaban J connectivity index is 2.05. The van der Waals surface area contributed by atoms with E-state index in [1.54, 1.807) is 0 Å². The minimum Gasteiger partial charge on any atom is -0.481 e. The van der Waals surface area contributed by atoms with E-state index in [0.717, 1.165) is 12.3 Å². The van der Waals surface area contributed by atoms with E-state index in [4.69, 9.17) is 10.8 Å². The standard InChI is InChI=1S/C11H21NO2/c1-8(10(12)7-11(13)14)3-2-4-9-5-6-9/h8-10H,2-7,12H2,1H3,(H,13,14)/t8-,10+/m0/s1. The highest BCUT2D eigenvalue weighted by Gasteiger charge is 2.21. The Morgan fingerprint density at radius 1 is 1.57 bits per heavy atom. The van der Waals surface area contributed by atoms with E-state index in [0.29, 0.717) is 5.92 Å². The number of carboxylic acids is 1. The predicted molar refractivity (Wildman–Crippen MR) is 56.0 cm³/mol. The highest BCUT2D eigenvalue weighted by Crippen LogP contribution is 2.34. The second kappa shape index (κ2) is 5.35. The van der Waals surface area contributed by atoms with E-state index in [2.05, 4.69) is 6.92 Å². The summed E-state index contributed by atoms with van der Waals surface area (Å²) >= 11 is 0. The quantitative estimate of drug-likeness (QED) is 0.659. The monoisotopic (exact) mass is 199 g/mol. The molecule has 2 atom stereocenters. The third kappa shape index (κ3) is 4.61. The van der Waals surface area contributed by atoms with Gasteiger partial charge in [0.15, 0.2) is 0 Å². The summed E-state index contributed by atoms with van der Waals surface area (Å²) in [4.78, 5) is 10.4. The lowest BCUT2D eigenvalue weighted by atomic mass is 9.93. The molecule has 0 aromatic carbocycles. The molecule has 3 nitrogen and oxygen atoms in total. The summed E-state index contributed by atoms with van der Waals surface area (Å²) in [7, 11) is 0. The lowest BCUT2D eigenvalue weighted by Gasteiger charge is -2.17. The molecule has 82 valence electrons. The lowest BCUT2D eigenvalue weighted by Crippen LogP contribution is -2.30. The maximum absolute atomic E-state index is 10.4. The Morgan fingerprint density at radius 3 is 2.71 bits per heavy atom. The zero-order valence-corrected chi connectivity index (χ0v) is 8.91. The molecule has 1 fully saturated rings. The van der Waals surface area contributed by atoms with Crippen LogP contribution in [0.15, 0.2) is 0 Å². The molecule has 0 amide bonds. The summed E-state index contributed by atoms with van der Waals surface area (Å²) < 4.78 is 0. The van der Waals surface area contributed by atoms with Crippen LogP contribution in [0.25, 0.3) is 0 Å². The fourth-order valence-corrected chi connectivity index (χ4v) is 1.75. The second-order valence-corrected chi connectivity index (χ2v) is 4.61. The van der Waals surface area contributed by atoms with Crippen LogP contribution in [0.5, 0.6) is 0 Å². The van der Waals surface area contributed by atoms with Crippen molar-refractivity contribution in [3.63, 3.8) is 0 Å². The number of hydrogen-bond acceptors (Lipinski definition) is 2. The third-order valence-corrected chi connectivity index (χ3v) is 3.11. The molecule has 0 spiro atoms. The SMILES string of the molecule is C[C@@H](CCCC1CC1)[C@H](N)CC(=O)O. The van der Waals surface area contributed by atoms with Gasteiger partial charge in [-0.05, 0) is 18.3 Å². The van der Waals surface area contributed by atoms with Crippen molar-refractivity contribution in [2.24, 2.45) is 17.6 Å². The van der Waals surface area contributed by atoms with Crippen LogP contribution < -0.4 is 5.73 Å². The predicted octanol–water partition coefficient (Wildman–Crippen LogP) is 2.00. The zero-order chi connectivity index (χ0) is 10.6. The van der Waals surface area contributed by atoms with Gasteiger partial charge in [0.25, 0.3) is 0 Å². The molecule has 0 heterocycles. The Labute approximate surface area is 85.7 Å². The first kappa shape index (κ1) is 11.5. The minimum absolute atomic E-state index is 0.102. The van der Waals surface area contributed by atoms with Crippen LogP contribution in [0.1, 0.15) is 45.4 Å². The van der Waals surface area contributed by atoms with Crippen LogP contribution in [0.3, 0.4) is 0 Å². The van der Waals surface area contributed by atoms with Crippen molar-refractivity contribution in [2.45, 2.75) is 51.5 Å². The molecule has 3 N–H and O–H groups in total. The van der Waals surface area contributed by atoms with Crippen LogP contribution in [0.4, 0.5) is 0 Å². The molecular formula is C11H21NO2. The average Bonchev–Trinajstić information content (AvgIpc) is 2.86. The second-order valence-electron chi connectivity index (χ2n) is 4.61. The first-order valence-electron chi connectivity index (χ1n) is 5.57. The maximum Gasteiger partial charge on any atom is 0.304 e. The molecule has 0 radical (unpaired) electrons. The Bertz CT molecular complexity index is 190. The van der Waals surface area contributed by atoms with Gasteiger partial charge in [-0.2, -0.15) is 0 Å². The van der Waals surface area contributed by atoms with E-state index in [9.17, 15) is 4.79 Å². The smallest absolute Gasteiger partial charge is 0.304 e. The highest BCUT2D eigenvalue weighted by atomic mass is 16.4. The van der Waals surface area contributed by atoms with E-state index in [-0.39, 0.29) is 12.5 Å². The number of rotatable bonds is 7. The largest absolute Gasteiger partial charge is 0.481 e. The summed E-state index contributed by atoms with van der Waals surface area (Å²) in [6, 6.07) is -0.174. The number of nitrogens with two attached hydrogens (primary N) is 1. The first-order valence-corrected chi connectivity index (χ1v) is 5.57. The molecule has 0 aliphatic heterocycles. The van der Waals surface area contributed by atoms with Crippen molar-refractivity contribution in [2.75, 3.05) is 0 Å². The molecule has 1 aliphatic rings. The van der Waals surface area contributed by atoms with Crippen LogP contribution in [-0.2, 0) is 4.79 Å². The van der Waals surface area contributed by atoms with Crippen LogP contribution >= 0.6 is 0 Å². The summed E-state index contributed by atoms with van der Waals surface area (Å²) in [5, 5.41) is 8.58. The van der Waals surface area contributed by atoms with E-state index < -0.39 is 5.97 Å². The van der Waals surface area contributed by atoms with Gasteiger partial charge in [-0.15, -0.1) is 0 Å². The number of aliphatic carboxylic acids is 1. The Hall–Kier alpha value is -0.570. The summed E-state index contributed by atoms with van der Waals surface area (Å²) in [5.74, 6) is 0.522. The molecule has 0 aromatic rings. The van der Waals surface area contributed by atoms with Gasteiger partial charge < -0.3 is 10.8 Å². The Kier molecular flexibility index (Phi) is 4.39. The number of hydrogen-bond donors (Lipinski definition) is 2. The molecule has 1 rings (SSSR count). The highest BCUT2D eigenvalue weighted by molar-refractivity contribution is 5.67. The number of carbonyl (C=O) groups is 1. The normalized spacial score (nSPS) is 20.4. The molecule has 1 saturated carbocycles. The van der Waals surface area contributed by atoms with Crippen molar-refractivity contribution in [1.29, 1.82) is 0 Å². The van der Waals surface area contributed by atoms with Gasteiger partial charge >= 0.3 is 5.97 Å². The molecule has 0 saturated heterocycles. The third-order valence-electron chi connectivity index (χ3n) is 3.11. The maximum atomic E-state index is 10.4. The van der Waals surface area contributed by atoms with Gasteiger partial charge in [-0.3, -0.25) is 4.79 Å². The molecule has 3 heteroatoms. The van der Waals surface area contributed by atoms with Crippen molar-refractivity contribution < 1.29 is 9.90 Å². The average molecular weight is 199 g/mol. The summed E-state index contributed by atoms with van der Waals surface area (Å²) in [5.41, 5.74) is 5.77. The van der Waals surface area contributed by atoms with Crippen molar-refractivity contribution in [3.8, 4) is 0 Å². The van der Waals surface area contributed by atoms with E-state index in [1.165, 1.54) is 25.7 Å². The van der Waals surface area contributed by atoms with Gasteiger partial charge in [-0.1, -0.05) is 32.6 Å². The molecule has 0 unspecified atom stereocenters. The summed E-state index contributed by atoms with van der Waals surface area (Å²) in [6.07, 6.45) is 6.49.